The van der Waals surface area contributed by atoms with Gasteiger partial charge in [0.25, 0.3) is 0 Å². The topological polar surface area (TPSA) is 43.5 Å². The summed E-state index contributed by atoms with van der Waals surface area (Å²) in [6.45, 7) is 3.85. The second-order valence-electron chi connectivity index (χ2n) is 3.40. The molecule has 4 nitrogen and oxygen atoms in total. The SMILES string of the molecule is [CH2]c1cc2cc(OC)c(OC)c(OC)c2[nH]1. The molecule has 4 heteroatoms. The van der Waals surface area contributed by atoms with Crippen LogP contribution < -0.4 is 14.2 Å². The van der Waals surface area contributed by atoms with Crippen molar-refractivity contribution in [3.8, 4) is 17.2 Å². The van der Waals surface area contributed by atoms with Crippen molar-refractivity contribution in [3.63, 3.8) is 0 Å². The molecule has 0 amide bonds. The number of nitrogens with one attached hydrogen (secondary N) is 1. The fourth-order valence-corrected chi connectivity index (χ4v) is 1.80. The molecule has 1 radical (unpaired) electrons. The third-order valence-electron chi connectivity index (χ3n) is 2.48. The maximum absolute atomic E-state index is 5.34. The smallest absolute Gasteiger partial charge is 0.205 e. The first kappa shape index (κ1) is 10.7. The van der Waals surface area contributed by atoms with Crippen LogP contribution in [0.5, 0.6) is 17.2 Å². The first-order chi connectivity index (χ1) is 7.71. The third-order valence-corrected chi connectivity index (χ3v) is 2.48. The Morgan fingerprint density at radius 3 is 2.25 bits per heavy atom. The third kappa shape index (κ3) is 1.46. The number of benzene rings is 1. The molecule has 85 valence electrons. The number of hydrogen-bond donors (Lipinski definition) is 1. The van der Waals surface area contributed by atoms with Crippen LogP contribution in [-0.4, -0.2) is 26.3 Å². The van der Waals surface area contributed by atoms with Crippen LogP contribution >= 0.6 is 0 Å². The minimum Gasteiger partial charge on any atom is -0.493 e. The average Bonchev–Trinajstić information content (AvgIpc) is 2.66. The van der Waals surface area contributed by atoms with Gasteiger partial charge >= 0.3 is 0 Å². The lowest BCUT2D eigenvalue weighted by atomic mass is 10.2. The molecule has 0 bridgehead atoms. The van der Waals surface area contributed by atoms with E-state index in [2.05, 4.69) is 11.9 Å². The molecule has 1 aromatic heterocycles. The van der Waals surface area contributed by atoms with Crippen LogP contribution in [0.15, 0.2) is 12.1 Å². The van der Waals surface area contributed by atoms with Crippen molar-refractivity contribution in [2.75, 3.05) is 21.3 Å². The highest BCUT2D eigenvalue weighted by Crippen LogP contribution is 2.42. The van der Waals surface area contributed by atoms with E-state index in [1.807, 2.05) is 12.1 Å². The number of rotatable bonds is 3. The second-order valence-corrected chi connectivity index (χ2v) is 3.40. The molecule has 0 fully saturated rings. The number of fused-ring (bicyclic) bond motifs is 1. The van der Waals surface area contributed by atoms with E-state index < -0.39 is 0 Å². The fraction of sp³-hybridized carbons (Fsp3) is 0.250. The minimum absolute atomic E-state index is 0.583. The van der Waals surface area contributed by atoms with Gasteiger partial charge in [-0.25, -0.2) is 0 Å². The van der Waals surface area contributed by atoms with E-state index in [0.29, 0.717) is 17.2 Å². The lowest BCUT2D eigenvalue weighted by molar-refractivity contribution is 0.327. The second kappa shape index (κ2) is 3.96. The van der Waals surface area contributed by atoms with E-state index in [9.17, 15) is 0 Å². The normalized spacial score (nSPS) is 10.5. The molecule has 0 spiro atoms. The van der Waals surface area contributed by atoms with Gasteiger partial charge < -0.3 is 19.2 Å². The van der Waals surface area contributed by atoms with Gasteiger partial charge in [-0.05, 0) is 19.1 Å². The average molecular weight is 220 g/mol. The van der Waals surface area contributed by atoms with Gasteiger partial charge in [-0.2, -0.15) is 0 Å². The molecule has 2 aromatic rings. The van der Waals surface area contributed by atoms with Gasteiger partial charge in [-0.3, -0.25) is 0 Å². The summed E-state index contributed by atoms with van der Waals surface area (Å²) >= 11 is 0. The van der Waals surface area contributed by atoms with E-state index in [0.717, 1.165) is 16.6 Å². The van der Waals surface area contributed by atoms with Crippen LogP contribution in [0, 0.1) is 6.92 Å². The van der Waals surface area contributed by atoms with E-state index in [1.54, 1.807) is 21.3 Å². The maximum Gasteiger partial charge on any atom is 0.205 e. The summed E-state index contributed by atoms with van der Waals surface area (Å²) in [5.74, 6) is 1.86. The zero-order valence-corrected chi connectivity index (χ0v) is 9.59. The molecule has 0 unspecified atom stereocenters. The van der Waals surface area contributed by atoms with Crippen LogP contribution in [0.3, 0.4) is 0 Å². The Labute approximate surface area is 94.1 Å². The summed E-state index contributed by atoms with van der Waals surface area (Å²) in [4.78, 5) is 3.13. The van der Waals surface area contributed by atoms with Gasteiger partial charge in [0.05, 0.1) is 26.8 Å². The number of aromatic nitrogens is 1. The Kier molecular flexibility index (Phi) is 2.64. The molecule has 0 aliphatic rings. The van der Waals surface area contributed by atoms with Crippen LogP contribution in [0.1, 0.15) is 5.69 Å². The summed E-state index contributed by atoms with van der Waals surface area (Å²) in [5.41, 5.74) is 1.69. The zero-order valence-electron chi connectivity index (χ0n) is 9.59. The summed E-state index contributed by atoms with van der Waals surface area (Å²) < 4.78 is 15.9. The molecular weight excluding hydrogens is 206 g/mol. The molecular formula is C12H14NO3. The predicted octanol–water partition coefficient (Wildman–Crippen LogP) is 2.38. The van der Waals surface area contributed by atoms with Gasteiger partial charge in [-0.1, -0.05) is 0 Å². The van der Waals surface area contributed by atoms with Crippen molar-refractivity contribution < 1.29 is 14.2 Å². The molecule has 0 aliphatic carbocycles. The number of aromatic amines is 1. The van der Waals surface area contributed by atoms with Crippen molar-refractivity contribution in [1.82, 2.24) is 4.98 Å². The molecule has 2 rings (SSSR count). The highest BCUT2D eigenvalue weighted by molar-refractivity contribution is 5.91. The van der Waals surface area contributed by atoms with Crippen LogP contribution in [0.25, 0.3) is 10.9 Å². The van der Waals surface area contributed by atoms with Crippen molar-refractivity contribution in [3.05, 3.63) is 24.8 Å². The molecule has 0 saturated carbocycles. The Hall–Kier alpha value is -1.84. The summed E-state index contributed by atoms with van der Waals surface area (Å²) in [5, 5.41) is 0.986. The van der Waals surface area contributed by atoms with Gasteiger partial charge in [-0.15, -0.1) is 0 Å². The number of ether oxygens (including phenoxy) is 3. The van der Waals surface area contributed by atoms with Gasteiger partial charge in [0.2, 0.25) is 5.75 Å². The lowest BCUT2D eigenvalue weighted by Crippen LogP contribution is -1.95. The standard InChI is InChI=1S/C12H14NO3/c1-7-5-8-6-9(14-2)11(15-3)12(16-4)10(8)13-7/h5-6,13H,1H2,2-4H3. The Balaban J connectivity index is 2.81. The Bertz CT molecular complexity index is 516. The van der Waals surface area contributed by atoms with E-state index in [4.69, 9.17) is 14.2 Å². The highest BCUT2D eigenvalue weighted by atomic mass is 16.5. The molecule has 1 N–H and O–H groups in total. The summed E-state index contributed by atoms with van der Waals surface area (Å²) in [6.07, 6.45) is 0. The van der Waals surface area contributed by atoms with E-state index in [1.165, 1.54) is 0 Å². The maximum atomic E-state index is 5.34. The van der Waals surface area contributed by atoms with Crippen LogP contribution in [-0.2, 0) is 0 Å². The van der Waals surface area contributed by atoms with Crippen molar-refractivity contribution in [2.45, 2.75) is 0 Å². The first-order valence-electron chi connectivity index (χ1n) is 4.85. The molecule has 0 aliphatic heterocycles. The molecule has 16 heavy (non-hydrogen) atoms. The highest BCUT2D eigenvalue weighted by Gasteiger charge is 2.16. The van der Waals surface area contributed by atoms with E-state index >= 15 is 0 Å². The first-order valence-corrected chi connectivity index (χ1v) is 4.85. The van der Waals surface area contributed by atoms with Gasteiger partial charge in [0.15, 0.2) is 11.5 Å². The number of methoxy groups -OCH3 is 3. The van der Waals surface area contributed by atoms with Gasteiger partial charge in [0, 0.05) is 11.1 Å². The monoisotopic (exact) mass is 220 g/mol. The van der Waals surface area contributed by atoms with E-state index in [-0.39, 0.29) is 0 Å². The lowest BCUT2D eigenvalue weighted by Gasteiger charge is -2.12. The van der Waals surface area contributed by atoms with Crippen molar-refractivity contribution in [2.24, 2.45) is 0 Å². The quantitative estimate of drug-likeness (QED) is 0.863. The Morgan fingerprint density at radius 2 is 1.69 bits per heavy atom. The number of H-pyrrole nitrogens is 1. The van der Waals surface area contributed by atoms with Crippen LogP contribution in [0.4, 0.5) is 0 Å². The van der Waals surface area contributed by atoms with Gasteiger partial charge in [0.1, 0.15) is 0 Å². The minimum atomic E-state index is 0.583. The predicted molar refractivity (Wildman–Crippen MR) is 62.4 cm³/mol. The molecule has 0 saturated heterocycles. The summed E-state index contributed by atoms with van der Waals surface area (Å²) in [6, 6.07) is 3.82. The number of hydrogen-bond acceptors (Lipinski definition) is 3. The van der Waals surface area contributed by atoms with Crippen LogP contribution in [0.2, 0.25) is 0 Å². The van der Waals surface area contributed by atoms with Crippen molar-refractivity contribution in [1.29, 1.82) is 0 Å². The summed E-state index contributed by atoms with van der Waals surface area (Å²) in [7, 11) is 4.78. The van der Waals surface area contributed by atoms with Crippen molar-refractivity contribution >= 4 is 10.9 Å². The zero-order chi connectivity index (χ0) is 11.7. The fourth-order valence-electron chi connectivity index (χ4n) is 1.80. The molecule has 0 atom stereocenters. The molecule has 1 aromatic carbocycles. The largest absolute Gasteiger partial charge is 0.493 e. The molecule has 1 heterocycles. The Morgan fingerprint density at radius 1 is 1.00 bits per heavy atom.